The lowest BCUT2D eigenvalue weighted by Crippen LogP contribution is -2.36. The molecular formula is C34H55BrO6. The second-order valence-corrected chi connectivity index (χ2v) is 14.0. The number of methoxy groups -OCH3 is 1. The van der Waals surface area contributed by atoms with Gasteiger partial charge in [-0.3, -0.25) is 4.79 Å². The molecule has 1 saturated carbocycles. The van der Waals surface area contributed by atoms with E-state index in [-0.39, 0.29) is 42.1 Å². The molecule has 0 N–H and O–H groups in total. The van der Waals surface area contributed by atoms with Gasteiger partial charge in [0.05, 0.1) is 19.3 Å². The van der Waals surface area contributed by atoms with Crippen LogP contribution in [-0.2, 0) is 28.5 Å². The Morgan fingerprint density at radius 3 is 2.39 bits per heavy atom. The van der Waals surface area contributed by atoms with Crippen molar-refractivity contribution in [2.24, 2.45) is 17.3 Å². The SMILES string of the molecule is COC(=O)CCCC=CC[C@@H]1[C@@H](C=C[C@@H](OC2CCCCO2)C(C)(C)CC=C(C)C)[C@H](OC2CCCCO2)C[C@H]1Br. The van der Waals surface area contributed by atoms with Gasteiger partial charge in [0.1, 0.15) is 0 Å². The highest BCUT2D eigenvalue weighted by Gasteiger charge is 2.42. The van der Waals surface area contributed by atoms with Crippen LogP contribution in [0.25, 0.3) is 0 Å². The molecule has 0 aromatic heterocycles. The molecule has 2 heterocycles. The Hall–Kier alpha value is -0.990. The van der Waals surface area contributed by atoms with E-state index < -0.39 is 0 Å². The van der Waals surface area contributed by atoms with E-state index in [9.17, 15) is 4.79 Å². The first kappa shape index (κ1) is 34.5. The highest BCUT2D eigenvalue weighted by molar-refractivity contribution is 9.09. The van der Waals surface area contributed by atoms with Gasteiger partial charge in [-0.15, -0.1) is 0 Å². The molecule has 1 aliphatic carbocycles. The summed E-state index contributed by atoms with van der Waals surface area (Å²) in [5.41, 5.74) is 1.24. The van der Waals surface area contributed by atoms with Crippen LogP contribution < -0.4 is 0 Å². The molecule has 0 bridgehead atoms. The summed E-state index contributed by atoms with van der Waals surface area (Å²) in [6.45, 7) is 10.5. The molecule has 41 heavy (non-hydrogen) atoms. The Bertz CT molecular complexity index is 851. The lowest BCUT2D eigenvalue weighted by atomic mass is 9.81. The minimum Gasteiger partial charge on any atom is -0.469 e. The Morgan fingerprint density at radius 2 is 1.76 bits per heavy atom. The molecule has 0 aromatic rings. The maximum Gasteiger partial charge on any atom is 0.305 e. The van der Waals surface area contributed by atoms with E-state index >= 15 is 0 Å². The quantitative estimate of drug-likeness (QED) is 0.0776. The van der Waals surface area contributed by atoms with Gasteiger partial charge in [-0.1, -0.05) is 65.7 Å². The Labute approximate surface area is 257 Å². The van der Waals surface area contributed by atoms with E-state index in [2.05, 4.69) is 74.0 Å². The zero-order chi connectivity index (χ0) is 29.7. The summed E-state index contributed by atoms with van der Waals surface area (Å²) in [5.74, 6) is 0.485. The number of unbranched alkanes of at least 4 members (excludes halogenated alkanes) is 1. The summed E-state index contributed by atoms with van der Waals surface area (Å²) in [6, 6.07) is 0. The molecule has 0 spiro atoms. The minimum atomic E-state index is -0.150. The van der Waals surface area contributed by atoms with E-state index in [0.29, 0.717) is 17.2 Å². The molecule has 3 aliphatic rings. The molecule has 0 aromatic carbocycles. The smallest absolute Gasteiger partial charge is 0.305 e. The van der Waals surface area contributed by atoms with Crippen LogP contribution in [0, 0.1) is 17.3 Å². The molecule has 0 amide bonds. The summed E-state index contributed by atoms with van der Waals surface area (Å²) in [6.07, 6.45) is 22.7. The van der Waals surface area contributed by atoms with Crippen LogP contribution in [0.4, 0.5) is 0 Å². The zero-order valence-electron chi connectivity index (χ0n) is 26.2. The van der Waals surface area contributed by atoms with Crippen LogP contribution in [-0.4, -0.2) is 55.9 Å². The molecular weight excluding hydrogens is 584 g/mol. The molecule has 7 heteroatoms. The number of esters is 1. The number of allylic oxidation sites excluding steroid dienone is 4. The van der Waals surface area contributed by atoms with Gasteiger partial charge in [0.15, 0.2) is 12.6 Å². The van der Waals surface area contributed by atoms with E-state index in [4.69, 9.17) is 23.7 Å². The standard InChI is InChI=1S/C34H55BrO6/c1-25(2)20-21-34(3,4)30(41-33-17-11-13-23-39-33)19-18-27-26(14-8-6-7-9-15-31(36)37-5)28(35)24-29(27)40-32-16-10-12-22-38-32/h6,8,18-20,26-30,32-33H,7,9-17,21-24H2,1-5H3/t26-,27-,28-,29-,30-,32?,33?/m1/s1. The molecule has 3 rings (SSSR count). The van der Waals surface area contributed by atoms with E-state index in [0.717, 1.165) is 83.8 Å². The number of rotatable bonds is 15. The lowest BCUT2D eigenvalue weighted by Gasteiger charge is -2.36. The predicted octanol–water partition coefficient (Wildman–Crippen LogP) is 8.44. The van der Waals surface area contributed by atoms with Crippen LogP contribution >= 0.6 is 15.9 Å². The van der Waals surface area contributed by atoms with Crippen LogP contribution in [0.5, 0.6) is 0 Å². The maximum atomic E-state index is 11.4. The van der Waals surface area contributed by atoms with Crippen molar-refractivity contribution in [3.63, 3.8) is 0 Å². The topological polar surface area (TPSA) is 63.2 Å². The monoisotopic (exact) mass is 638 g/mol. The highest BCUT2D eigenvalue weighted by atomic mass is 79.9. The van der Waals surface area contributed by atoms with Crippen molar-refractivity contribution in [3.05, 3.63) is 36.0 Å². The van der Waals surface area contributed by atoms with Gasteiger partial charge in [0, 0.05) is 30.4 Å². The fourth-order valence-electron chi connectivity index (χ4n) is 5.92. The third kappa shape index (κ3) is 11.9. The molecule has 3 fully saturated rings. The third-order valence-corrected chi connectivity index (χ3v) is 9.67. The van der Waals surface area contributed by atoms with Crippen LogP contribution in [0.15, 0.2) is 36.0 Å². The number of hydrogen-bond donors (Lipinski definition) is 0. The zero-order valence-corrected chi connectivity index (χ0v) is 27.7. The second-order valence-electron chi connectivity index (χ2n) is 12.9. The summed E-state index contributed by atoms with van der Waals surface area (Å²) in [5, 5.41) is 0. The van der Waals surface area contributed by atoms with E-state index in [1.54, 1.807) is 0 Å². The maximum absolute atomic E-state index is 11.4. The fourth-order valence-corrected chi connectivity index (χ4v) is 6.86. The van der Waals surface area contributed by atoms with Crippen molar-refractivity contribution in [2.75, 3.05) is 20.3 Å². The van der Waals surface area contributed by atoms with Crippen LogP contribution in [0.1, 0.15) is 105 Å². The van der Waals surface area contributed by atoms with Gasteiger partial charge in [-0.05, 0) is 95.8 Å². The minimum absolute atomic E-state index is 0.0725. The Balaban J connectivity index is 1.77. The van der Waals surface area contributed by atoms with E-state index in [1.807, 2.05) is 0 Å². The average molecular weight is 640 g/mol. The second kappa shape index (κ2) is 18.0. The molecule has 2 aliphatic heterocycles. The number of carbonyl (C=O) groups is 1. The summed E-state index contributed by atoms with van der Waals surface area (Å²) >= 11 is 4.02. The first-order chi connectivity index (χ1) is 19.7. The van der Waals surface area contributed by atoms with Gasteiger partial charge >= 0.3 is 5.97 Å². The summed E-state index contributed by atoms with van der Waals surface area (Å²) in [4.78, 5) is 11.8. The summed E-state index contributed by atoms with van der Waals surface area (Å²) in [7, 11) is 1.44. The van der Waals surface area contributed by atoms with Crippen molar-refractivity contribution in [1.82, 2.24) is 0 Å². The normalized spacial score (nSPS) is 30.1. The third-order valence-electron chi connectivity index (χ3n) is 8.62. The molecule has 2 saturated heterocycles. The summed E-state index contributed by atoms with van der Waals surface area (Å²) < 4.78 is 30.1. The van der Waals surface area contributed by atoms with Crippen molar-refractivity contribution in [2.45, 2.75) is 134 Å². The molecule has 2 unspecified atom stereocenters. The first-order valence-electron chi connectivity index (χ1n) is 15.9. The van der Waals surface area contributed by atoms with Crippen molar-refractivity contribution in [3.8, 4) is 0 Å². The van der Waals surface area contributed by atoms with Gasteiger partial charge in [0.25, 0.3) is 0 Å². The van der Waals surface area contributed by atoms with Crippen LogP contribution in [0.2, 0.25) is 0 Å². The molecule has 7 atom stereocenters. The molecule has 234 valence electrons. The fraction of sp³-hybridized carbons (Fsp3) is 0.794. The number of ether oxygens (including phenoxy) is 5. The number of hydrogen-bond acceptors (Lipinski definition) is 6. The Morgan fingerprint density at radius 1 is 1.05 bits per heavy atom. The number of alkyl halides is 1. The van der Waals surface area contributed by atoms with Gasteiger partial charge < -0.3 is 23.7 Å². The van der Waals surface area contributed by atoms with Gasteiger partial charge in [0.2, 0.25) is 0 Å². The number of halogens is 1. The van der Waals surface area contributed by atoms with Gasteiger partial charge in [-0.25, -0.2) is 0 Å². The lowest BCUT2D eigenvalue weighted by molar-refractivity contribution is -0.197. The van der Waals surface area contributed by atoms with Crippen molar-refractivity contribution >= 4 is 21.9 Å². The first-order valence-corrected chi connectivity index (χ1v) is 16.8. The largest absolute Gasteiger partial charge is 0.469 e. The predicted molar refractivity (Wildman–Crippen MR) is 168 cm³/mol. The van der Waals surface area contributed by atoms with Crippen molar-refractivity contribution in [1.29, 1.82) is 0 Å². The highest BCUT2D eigenvalue weighted by Crippen LogP contribution is 2.43. The van der Waals surface area contributed by atoms with Gasteiger partial charge in [-0.2, -0.15) is 0 Å². The molecule has 6 nitrogen and oxygen atoms in total. The van der Waals surface area contributed by atoms with Crippen molar-refractivity contribution < 1.29 is 28.5 Å². The Kier molecular flexibility index (Phi) is 15.1. The molecule has 0 radical (unpaired) electrons. The number of carbonyl (C=O) groups excluding carboxylic acids is 1. The van der Waals surface area contributed by atoms with Crippen LogP contribution in [0.3, 0.4) is 0 Å². The van der Waals surface area contributed by atoms with E-state index in [1.165, 1.54) is 12.7 Å². The average Bonchev–Trinajstić information content (AvgIpc) is 3.25.